The highest BCUT2D eigenvalue weighted by molar-refractivity contribution is 5.72. The zero-order valence-electron chi connectivity index (χ0n) is 15.6. The van der Waals surface area contributed by atoms with Gasteiger partial charge in [0.15, 0.2) is 0 Å². The van der Waals surface area contributed by atoms with E-state index in [1.165, 1.54) is 0 Å². The molecular formula is C20H28N2O4. The average Bonchev–Trinajstić information content (AvgIpc) is 2.62. The molecule has 6 heteroatoms. The molecule has 0 radical (unpaired) electrons. The maximum absolute atomic E-state index is 11.4. The van der Waals surface area contributed by atoms with E-state index in [2.05, 4.69) is 33.4 Å². The maximum Gasteiger partial charge on any atom is 0.248 e. The summed E-state index contributed by atoms with van der Waals surface area (Å²) in [5.41, 5.74) is 4.64. The van der Waals surface area contributed by atoms with E-state index in [4.69, 9.17) is 9.99 Å². The fourth-order valence-electron chi connectivity index (χ4n) is 2.33. The Balaban J connectivity index is 0.000000456. The van der Waals surface area contributed by atoms with Gasteiger partial charge >= 0.3 is 0 Å². The van der Waals surface area contributed by atoms with Gasteiger partial charge in [0.05, 0.1) is 11.3 Å². The molecule has 2 aromatic rings. The molecular weight excluding hydrogens is 332 g/mol. The Morgan fingerprint density at radius 3 is 2.42 bits per heavy atom. The predicted octanol–water partition coefficient (Wildman–Crippen LogP) is 3.79. The van der Waals surface area contributed by atoms with Crippen LogP contribution in [0.2, 0.25) is 0 Å². The summed E-state index contributed by atoms with van der Waals surface area (Å²) in [5.74, 6) is 0. The van der Waals surface area contributed by atoms with Gasteiger partial charge in [-0.15, -0.1) is 0 Å². The first kappa shape index (κ1) is 19.8. The Bertz CT molecular complexity index is 825. The number of H-pyrrole nitrogens is 1. The van der Waals surface area contributed by atoms with Gasteiger partial charge in [-0.25, -0.2) is 4.89 Å². The van der Waals surface area contributed by atoms with Crippen molar-refractivity contribution >= 4 is 5.70 Å². The van der Waals surface area contributed by atoms with Crippen molar-refractivity contribution in [2.24, 2.45) is 0 Å². The number of aromatic amines is 1. The average molecular weight is 360 g/mol. The normalized spacial score (nSPS) is 13.7. The molecule has 0 fully saturated rings. The van der Waals surface area contributed by atoms with Crippen LogP contribution in [-0.2, 0) is 9.62 Å². The third-order valence-electron chi connectivity index (χ3n) is 3.51. The van der Waals surface area contributed by atoms with Gasteiger partial charge in [0, 0.05) is 25.8 Å². The Morgan fingerprint density at radius 1 is 1.15 bits per heavy atom. The molecule has 1 aromatic heterocycles. The van der Waals surface area contributed by atoms with Crippen LogP contribution in [0.15, 0.2) is 47.6 Å². The van der Waals surface area contributed by atoms with Crippen molar-refractivity contribution in [2.75, 3.05) is 13.2 Å². The second-order valence-electron chi connectivity index (χ2n) is 7.06. The van der Waals surface area contributed by atoms with Crippen LogP contribution in [0.4, 0.5) is 0 Å². The molecule has 1 aliphatic heterocycles. The van der Waals surface area contributed by atoms with Gasteiger partial charge in [0.1, 0.15) is 12.9 Å². The van der Waals surface area contributed by atoms with Crippen LogP contribution < -0.4 is 10.9 Å². The first-order chi connectivity index (χ1) is 12.3. The molecule has 0 amide bonds. The Kier molecular flexibility index (Phi) is 6.60. The highest BCUT2D eigenvalue weighted by Gasteiger charge is 2.09. The summed E-state index contributed by atoms with van der Waals surface area (Å²) in [5, 5.41) is 11.2. The third-order valence-corrected chi connectivity index (χ3v) is 3.51. The monoisotopic (exact) mass is 360 g/mol. The van der Waals surface area contributed by atoms with E-state index in [0.717, 1.165) is 34.5 Å². The van der Waals surface area contributed by atoms with E-state index in [0.29, 0.717) is 6.61 Å². The van der Waals surface area contributed by atoms with Crippen molar-refractivity contribution in [3.63, 3.8) is 0 Å². The number of aromatic nitrogens is 1. The summed E-state index contributed by atoms with van der Waals surface area (Å²) in [7, 11) is 0. The first-order valence-electron chi connectivity index (χ1n) is 8.48. The number of benzene rings is 1. The topological polar surface area (TPSA) is 83.6 Å². The van der Waals surface area contributed by atoms with E-state index in [1.54, 1.807) is 39.3 Å². The largest absolute Gasteiger partial charge is 0.497 e. The molecule has 3 N–H and O–H groups in total. The number of hydrogen-bond acceptors (Lipinski definition) is 5. The number of ether oxygens (including phenoxy) is 1. The third kappa shape index (κ3) is 6.06. The van der Waals surface area contributed by atoms with E-state index < -0.39 is 5.60 Å². The lowest BCUT2D eigenvalue weighted by Crippen LogP contribution is -2.22. The number of rotatable bonds is 2. The molecule has 0 unspecified atom stereocenters. The molecule has 0 saturated heterocycles. The predicted molar refractivity (Wildman–Crippen MR) is 105 cm³/mol. The molecule has 3 rings (SSSR count). The summed E-state index contributed by atoms with van der Waals surface area (Å²) in [4.78, 5) is 18.0. The molecule has 1 aliphatic rings. The minimum atomic E-state index is -0.403. The zero-order chi connectivity index (χ0) is 19.2. The van der Waals surface area contributed by atoms with Gasteiger partial charge in [-0.1, -0.05) is 6.07 Å². The summed E-state index contributed by atoms with van der Waals surface area (Å²) in [6.45, 7) is 8.85. The summed E-state index contributed by atoms with van der Waals surface area (Å²) in [6, 6.07) is 9.75. The highest BCUT2D eigenvalue weighted by atomic mass is 17.1. The van der Waals surface area contributed by atoms with Gasteiger partial charge < -0.3 is 15.0 Å². The van der Waals surface area contributed by atoms with Gasteiger partial charge in [0.2, 0.25) is 5.56 Å². The molecule has 6 nitrogen and oxygen atoms in total. The number of pyridine rings is 1. The van der Waals surface area contributed by atoms with Gasteiger partial charge in [-0.2, -0.15) is 0 Å². The second-order valence-corrected chi connectivity index (χ2v) is 7.06. The van der Waals surface area contributed by atoms with Crippen LogP contribution in [-0.4, -0.2) is 29.0 Å². The minimum Gasteiger partial charge on any atom is -0.497 e. The van der Waals surface area contributed by atoms with Crippen molar-refractivity contribution in [3.05, 3.63) is 64.3 Å². The smallest absolute Gasteiger partial charge is 0.248 e. The van der Waals surface area contributed by atoms with Crippen molar-refractivity contribution in [3.8, 4) is 11.1 Å². The molecule has 1 aromatic carbocycles. The van der Waals surface area contributed by atoms with Crippen LogP contribution in [0.5, 0.6) is 0 Å². The Morgan fingerprint density at radius 2 is 1.85 bits per heavy atom. The van der Waals surface area contributed by atoms with Crippen LogP contribution in [0, 0.1) is 6.92 Å². The Hall–Kier alpha value is -2.57. The molecule has 0 spiro atoms. The second kappa shape index (κ2) is 8.69. The fourth-order valence-corrected chi connectivity index (χ4v) is 2.33. The number of aryl methyl sites for hydroxylation is 1. The van der Waals surface area contributed by atoms with E-state index >= 15 is 0 Å². The standard InChI is InChI=1S/C16H16N2O2.C4H10O2.H2/c1-11-6-13(12-2-3-18-16(19)9-12)8-14(7-11)15-10-20-5-4-17-15;1-4(2,3)6-5;/h2-3,6-10,17H,4-5H2,1H3,(H,18,19);5H,1-3H3;1H. The van der Waals surface area contributed by atoms with E-state index in [9.17, 15) is 4.79 Å². The van der Waals surface area contributed by atoms with Crippen molar-refractivity contribution in [1.82, 2.24) is 10.3 Å². The van der Waals surface area contributed by atoms with Crippen molar-refractivity contribution in [1.29, 1.82) is 0 Å². The van der Waals surface area contributed by atoms with Crippen LogP contribution in [0.25, 0.3) is 16.8 Å². The molecule has 2 heterocycles. The Labute approximate surface area is 154 Å². The quantitative estimate of drug-likeness (QED) is 0.561. The van der Waals surface area contributed by atoms with Crippen LogP contribution >= 0.6 is 0 Å². The molecule has 0 bridgehead atoms. The van der Waals surface area contributed by atoms with Crippen LogP contribution in [0.3, 0.4) is 0 Å². The number of hydrogen-bond donors (Lipinski definition) is 3. The molecule has 26 heavy (non-hydrogen) atoms. The lowest BCUT2D eigenvalue weighted by atomic mass is 9.99. The van der Waals surface area contributed by atoms with Crippen molar-refractivity contribution < 1.29 is 16.3 Å². The maximum atomic E-state index is 11.4. The van der Waals surface area contributed by atoms with Gasteiger partial charge in [-0.05, 0) is 62.6 Å². The van der Waals surface area contributed by atoms with Crippen molar-refractivity contribution in [2.45, 2.75) is 33.3 Å². The first-order valence-corrected chi connectivity index (χ1v) is 8.48. The molecule has 0 atom stereocenters. The molecule has 142 valence electrons. The van der Waals surface area contributed by atoms with Gasteiger partial charge in [0.25, 0.3) is 0 Å². The van der Waals surface area contributed by atoms with Crippen LogP contribution in [0.1, 0.15) is 33.3 Å². The lowest BCUT2D eigenvalue weighted by Gasteiger charge is -2.17. The zero-order valence-corrected chi connectivity index (χ0v) is 15.6. The summed E-state index contributed by atoms with van der Waals surface area (Å²) < 4.78 is 5.36. The van der Waals surface area contributed by atoms with E-state index in [-0.39, 0.29) is 6.99 Å². The highest BCUT2D eigenvalue weighted by Crippen LogP contribution is 2.24. The lowest BCUT2D eigenvalue weighted by molar-refractivity contribution is -0.306. The summed E-state index contributed by atoms with van der Waals surface area (Å²) in [6.07, 6.45) is 3.42. The molecule has 0 aliphatic carbocycles. The van der Waals surface area contributed by atoms with Gasteiger partial charge in [-0.3, -0.25) is 10.1 Å². The number of nitrogens with one attached hydrogen (secondary N) is 2. The summed E-state index contributed by atoms with van der Waals surface area (Å²) >= 11 is 0. The fraction of sp³-hybridized carbons (Fsp3) is 0.350. The SMILES string of the molecule is CC(C)(C)OO.Cc1cc(C2=COCCN2)cc(-c2cc[nH]c(=O)c2)c1.[HH]. The minimum absolute atomic E-state index is 0. The molecule has 0 saturated carbocycles. The van der Waals surface area contributed by atoms with E-state index in [1.807, 2.05) is 13.0 Å².